The molecule has 0 aromatic carbocycles. The average Bonchev–Trinajstić information content (AvgIpc) is 1.98. The molecule has 4 heteroatoms. The van der Waals surface area contributed by atoms with Gasteiger partial charge in [-0.2, -0.15) is 0 Å². The number of carbonyl (C=O) groups excluding carboxylic acids is 1. The van der Waals surface area contributed by atoms with Crippen LogP contribution in [-0.4, -0.2) is 30.0 Å². The molecule has 4 nitrogen and oxygen atoms in total. The molecule has 0 rings (SSSR count). The molecule has 0 aliphatic carbocycles. The third-order valence-electron chi connectivity index (χ3n) is 1.62. The summed E-state index contributed by atoms with van der Waals surface area (Å²) in [4.78, 5) is 11.2. The number of aliphatic hydroxyl groups excluding tert-OH is 1. The molecule has 2 N–H and O–H groups in total. The molecular formula is C10H21NO3. The second kappa shape index (κ2) is 5.86. The molecule has 0 saturated carbocycles. The summed E-state index contributed by atoms with van der Waals surface area (Å²) in [6, 6.07) is 0. The third-order valence-corrected chi connectivity index (χ3v) is 1.62. The van der Waals surface area contributed by atoms with Gasteiger partial charge in [-0.25, -0.2) is 4.79 Å². The van der Waals surface area contributed by atoms with Gasteiger partial charge in [0.05, 0.1) is 0 Å². The maximum atomic E-state index is 11.2. The van der Waals surface area contributed by atoms with Crippen molar-refractivity contribution in [1.29, 1.82) is 0 Å². The number of aliphatic hydroxyl groups is 1. The van der Waals surface area contributed by atoms with Crippen molar-refractivity contribution in [3.05, 3.63) is 0 Å². The molecule has 0 aromatic rings. The van der Waals surface area contributed by atoms with Crippen molar-refractivity contribution in [1.82, 2.24) is 5.32 Å². The largest absolute Gasteiger partial charge is 0.444 e. The lowest BCUT2D eigenvalue weighted by Gasteiger charge is -2.20. The van der Waals surface area contributed by atoms with Crippen molar-refractivity contribution < 1.29 is 14.6 Å². The first kappa shape index (κ1) is 13.2. The first-order valence-corrected chi connectivity index (χ1v) is 4.93. The molecule has 0 aliphatic heterocycles. The first-order chi connectivity index (χ1) is 6.35. The van der Waals surface area contributed by atoms with Crippen LogP contribution in [0.1, 0.15) is 34.1 Å². The van der Waals surface area contributed by atoms with E-state index in [2.05, 4.69) is 5.32 Å². The molecule has 0 saturated heterocycles. The Bertz CT molecular complexity index is 175. The summed E-state index contributed by atoms with van der Waals surface area (Å²) in [6.07, 6.45) is 0.290. The number of rotatable bonds is 4. The summed E-state index contributed by atoms with van der Waals surface area (Å²) in [5, 5.41) is 11.3. The fourth-order valence-corrected chi connectivity index (χ4v) is 0.894. The lowest BCUT2D eigenvalue weighted by Crippen LogP contribution is -2.34. The van der Waals surface area contributed by atoms with Gasteiger partial charge in [0.15, 0.2) is 0 Å². The van der Waals surface area contributed by atoms with Gasteiger partial charge in [-0.1, -0.05) is 6.92 Å². The van der Waals surface area contributed by atoms with E-state index in [0.717, 1.165) is 0 Å². The quantitative estimate of drug-likeness (QED) is 0.728. The topological polar surface area (TPSA) is 58.6 Å². The van der Waals surface area contributed by atoms with E-state index in [9.17, 15) is 4.79 Å². The lowest BCUT2D eigenvalue weighted by molar-refractivity contribution is 0.0518. The Morgan fingerprint density at radius 1 is 1.50 bits per heavy atom. The summed E-state index contributed by atoms with van der Waals surface area (Å²) in [5.74, 6) is 0.271. The minimum absolute atomic E-state index is 0.150. The van der Waals surface area contributed by atoms with E-state index >= 15 is 0 Å². The van der Waals surface area contributed by atoms with Crippen LogP contribution in [0, 0.1) is 5.92 Å². The van der Waals surface area contributed by atoms with Gasteiger partial charge in [-0.15, -0.1) is 0 Å². The molecule has 84 valence electrons. The highest BCUT2D eigenvalue weighted by atomic mass is 16.6. The third kappa shape index (κ3) is 7.86. The molecule has 0 radical (unpaired) electrons. The number of hydrogen-bond donors (Lipinski definition) is 2. The molecule has 0 aromatic heterocycles. The summed E-state index contributed by atoms with van der Waals surface area (Å²) < 4.78 is 5.05. The zero-order valence-corrected chi connectivity index (χ0v) is 9.46. The number of carbonyl (C=O) groups is 1. The van der Waals surface area contributed by atoms with E-state index in [1.807, 2.05) is 27.7 Å². The normalized spacial score (nSPS) is 13.5. The van der Waals surface area contributed by atoms with Gasteiger partial charge in [-0.3, -0.25) is 0 Å². The fourth-order valence-electron chi connectivity index (χ4n) is 0.894. The molecule has 0 aliphatic rings. The molecule has 1 amide bonds. The van der Waals surface area contributed by atoms with E-state index in [0.29, 0.717) is 13.0 Å². The molecule has 0 unspecified atom stereocenters. The van der Waals surface area contributed by atoms with Gasteiger partial charge in [0.2, 0.25) is 0 Å². The number of nitrogens with one attached hydrogen (secondary N) is 1. The predicted octanol–water partition coefficient (Wildman–Crippen LogP) is 1.53. The molecule has 1 atom stereocenters. The van der Waals surface area contributed by atoms with E-state index < -0.39 is 11.7 Å². The van der Waals surface area contributed by atoms with Crippen molar-refractivity contribution in [3.63, 3.8) is 0 Å². The Kier molecular flexibility index (Phi) is 5.53. The van der Waals surface area contributed by atoms with Gasteiger partial charge < -0.3 is 15.2 Å². The van der Waals surface area contributed by atoms with E-state index in [-0.39, 0.29) is 12.5 Å². The van der Waals surface area contributed by atoms with Crippen LogP contribution >= 0.6 is 0 Å². The van der Waals surface area contributed by atoms with E-state index in [1.54, 1.807) is 0 Å². The molecule has 14 heavy (non-hydrogen) atoms. The van der Waals surface area contributed by atoms with Crippen LogP contribution in [0.3, 0.4) is 0 Å². The van der Waals surface area contributed by atoms with Crippen molar-refractivity contribution >= 4 is 6.09 Å². The summed E-state index contributed by atoms with van der Waals surface area (Å²) in [5.41, 5.74) is -0.454. The molecule has 0 heterocycles. The van der Waals surface area contributed by atoms with Crippen LogP contribution < -0.4 is 5.32 Å². The average molecular weight is 203 g/mol. The Balaban J connectivity index is 3.64. The second-order valence-corrected chi connectivity index (χ2v) is 4.50. The SMILES string of the molecule is C[C@@H](CCO)CNC(=O)OC(C)(C)C. The van der Waals surface area contributed by atoms with E-state index in [4.69, 9.17) is 9.84 Å². The number of hydrogen-bond acceptors (Lipinski definition) is 3. The highest BCUT2D eigenvalue weighted by Gasteiger charge is 2.16. The van der Waals surface area contributed by atoms with Gasteiger partial charge in [0, 0.05) is 13.2 Å². The van der Waals surface area contributed by atoms with Crippen molar-refractivity contribution in [3.8, 4) is 0 Å². The van der Waals surface area contributed by atoms with Crippen molar-refractivity contribution in [2.75, 3.05) is 13.2 Å². The van der Waals surface area contributed by atoms with Gasteiger partial charge in [0.25, 0.3) is 0 Å². The van der Waals surface area contributed by atoms with Crippen LogP contribution in [0.5, 0.6) is 0 Å². The Morgan fingerprint density at radius 3 is 2.50 bits per heavy atom. The number of ether oxygens (including phenoxy) is 1. The van der Waals surface area contributed by atoms with E-state index in [1.165, 1.54) is 0 Å². The van der Waals surface area contributed by atoms with Crippen molar-refractivity contribution in [2.45, 2.75) is 39.7 Å². The van der Waals surface area contributed by atoms with Crippen molar-refractivity contribution in [2.24, 2.45) is 5.92 Å². The second-order valence-electron chi connectivity index (χ2n) is 4.50. The maximum absolute atomic E-state index is 11.2. The highest BCUT2D eigenvalue weighted by molar-refractivity contribution is 5.67. The minimum Gasteiger partial charge on any atom is -0.444 e. The smallest absolute Gasteiger partial charge is 0.407 e. The number of amides is 1. The maximum Gasteiger partial charge on any atom is 0.407 e. The molecule has 0 spiro atoms. The Morgan fingerprint density at radius 2 is 2.07 bits per heavy atom. The van der Waals surface area contributed by atoms with Crippen LogP contribution in [0.25, 0.3) is 0 Å². The lowest BCUT2D eigenvalue weighted by atomic mass is 10.1. The number of alkyl carbamates (subject to hydrolysis) is 1. The molecular weight excluding hydrogens is 182 g/mol. The monoisotopic (exact) mass is 203 g/mol. The standard InChI is InChI=1S/C10H21NO3/c1-8(5-6-12)7-11-9(13)14-10(2,3)4/h8,12H,5-7H2,1-4H3,(H,11,13)/t8-/m0/s1. The van der Waals surface area contributed by atoms with Gasteiger partial charge in [0.1, 0.15) is 5.60 Å². The van der Waals surface area contributed by atoms with Gasteiger partial charge in [-0.05, 0) is 33.1 Å². The summed E-state index contributed by atoms with van der Waals surface area (Å²) >= 11 is 0. The summed E-state index contributed by atoms with van der Waals surface area (Å²) in [7, 11) is 0. The summed E-state index contributed by atoms with van der Waals surface area (Å²) in [6.45, 7) is 8.12. The molecule has 0 bridgehead atoms. The Labute approximate surface area is 85.6 Å². The van der Waals surface area contributed by atoms with Gasteiger partial charge >= 0.3 is 6.09 Å². The minimum atomic E-state index is -0.454. The van der Waals surface area contributed by atoms with Crippen LogP contribution in [-0.2, 0) is 4.74 Å². The fraction of sp³-hybridized carbons (Fsp3) is 0.900. The molecule has 0 fully saturated rings. The Hall–Kier alpha value is -0.770. The first-order valence-electron chi connectivity index (χ1n) is 4.93. The van der Waals surface area contributed by atoms with Crippen LogP contribution in [0.4, 0.5) is 4.79 Å². The predicted molar refractivity (Wildman–Crippen MR) is 55.1 cm³/mol. The highest BCUT2D eigenvalue weighted by Crippen LogP contribution is 2.06. The van der Waals surface area contributed by atoms with Crippen LogP contribution in [0.2, 0.25) is 0 Å². The zero-order chi connectivity index (χ0) is 11.2. The zero-order valence-electron chi connectivity index (χ0n) is 9.46. The van der Waals surface area contributed by atoms with Crippen LogP contribution in [0.15, 0.2) is 0 Å².